The molecule has 0 bridgehead atoms. The minimum atomic E-state index is 0.655. The third-order valence-corrected chi connectivity index (χ3v) is 2.50. The van der Waals surface area contributed by atoms with Crippen LogP contribution in [0, 0.1) is 0 Å². The van der Waals surface area contributed by atoms with Crippen molar-refractivity contribution in [3.8, 4) is 0 Å². The van der Waals surface area contributed by atoms with Gasteiger partial charge in [-0.15, -0.1) is 0 Å². The number of anilines is 2. The van der Waals surface area contributed by atoms with E-state index in [2.05, 4.69) is 10.3 Å². The lowest BCUT2D eigenvalue weighted by atomic mass is 10.2. The fraction of sp³-hybridized carbons (Fsp3) is 0.0833. The standard InChI is InChI=1S/C12H12ClN3/c13-11-3-1-2-4-12(11)16-7-9-5-10(14)8-15-6-9/h1-6,8,16H,7,14H2. The number of aromatic nitrogens is 1. The predicted molar refractivity (Wildman–Crippen MR) is 67.4 cm³/mol. The van der Waals surface area contributed by atoms with Crippen molar-refractivity contribution in [2.24, 2.45) is 0 Å². The molecule has 3 N–H and O–H groups in total. The van der Waals surface area contributed by atoms with Gasteiger partial charge in [0.2, 0.25) is 0 Å². The van der Waals surface area contributed by atoms with Crippen LogP contribution in [0.5, 0.6) is 0 Å². The van der Waals surface area contributed by atoms with Gasteiger partial charge in [0.1, 0.15) is 0 Å². The molecule has 0 aliphatic carbocycles. The highest BCUT2D eigenvalue weighted by molar-refractivity contribution is 6.33. The second-order valence-corrected chi connectivity index (χ2v) is 3.87. The first-order valence-electron chi connectivity index (χ1n) is 4.93. The number of halogens is 1. The highest BCUT2D eigenvalue weighted by Gasteiger charge is 1.98. The Kier molecular flexibility index (Phi) is 3.27. The van der Waals surface area contributed by atoms with Crippen molar-refractivity contribution in [2.75, 3.05) is 11.1 Å². The lowest BCUT2D eigenvalue weighted by Gasteiger charge is -2.08. The summed E-state index contributed by atoms with van der Waals surface area (Å²) in [5.41, 5.74) is 8.24. The minimum absolute atomic E-state index is 0.655. The zero-order valence-corrected chi connectivity index (χ0v) is 9.41. The van der Waals surface area contributed by atoms with Crippen molar-refractivity contribution < 1.29 is 0 Å². The number of hydrogen-bond acceptors (Lipinski definition) is 3. The quantitative estimate of drug-likeness (QED) is 0.857. The fourth-order valence-corrected chi connectivity index (χ4v) is 1.61. The van der Waals surface area contributed by atoms with Crippen LogP contribution < -0.4 is 11.1 Å². The third-order valence-electron chi connectivity index (χ3n) is 2.17. The molecule has 3 nitrogen and oxygen atoms in total. The lowest BCUT2D eigenvalue weighted by Crippen LogP contribution is -2.01. The molecule has 0 saturated carbocycles. The minimum Gasteiger partial charge on any atom is -0.397 e. The molecule has 0 spiro atoms. The van der Waals surface area contributed by atoms with E-state index in [1.165, 1.54) is 0 Å². The van der Waals surface area contributed by atoms with E-state index in [0.29, 0.717) is 17.3 Å². The molecule has 16 heavy (non-hydrogen) atoms. The summed E-state index contributed by atoms with van der Waals surface area (Å²) >= 11 is 6.02. The summed E-state index contributed by atoms with van der Waals surface area (Å²) in [5.74, 6) is 0. The average molecular weight is 234 g/mol. The number of rotatable bonds is 3. The fourth-order valence-electron chi connectivity index (χ4n) is 1.41. The monoisotopic (exact) mass is 233 g/mol. The van der Waals surface area contributed by atoms with Gasteiger partial charge in [0.15, 0.2) is 0 Å². The van der Waals surface area contributed by atoms with Crippen molar-refractivity contribution in [1.82, 2.24) is 4.98 Å². The predicted octanol–water partition coefficient (Wildman–Crippen LogP) is 2.93. The SMILES string of the molecule is Nc1cncc(CNc2ccccc2Cl)c1. The lowest BCUT2D eigenvalue weighted by molar-refractivity contribution is 1.11. The Hall–Kier alpha value is -1.74. The average Bonchev–Trinajstić information content (AvgIpc) is 2.28. The molecule has 1 heterocycles. The van der Waals surface area contributed by atoms with E-state index in [-0.39, 0.29) is 0 Å². The Morgan fingerprint density at radius 2 is 2.06 bits per heavy atom. The summed E-state index contributed by atoms with van der Waals surface area (Å²) in [6.45, 7) is 0.655. The molecule has 2 rings (SSSR count). The van der Waals surface area contributed by atoms with Crippen molar-refractivity contribution in [3.05, 3.63) is 53.3 Å². The number of nitrogens with one attached hydrogen (secondary N) is 1. The van der Waals surface area contributed by atoms with Crippen LogP contribution in [0.25, 0.3) is 0 Å². The highest BCUT2D eigenvalue weighted by Crippen LogP contribution is 2.21. The van der Waals surface area contributed by atoms with Gasteiger partial charge < -0.3 is 11.1 Å². The zero-order valence-electron chi connectivity index (χ0n) is 8.65. The number of pyridine rings is 1. The molecule has 0 aliphatic heterocycles. The van der Waals surface area contributed by atoms with Crippen molar-refractivity contribution in [2.45, 2.75) is 6.54 Å². The summed E-state index contributed by atoms with van der Waals surface area (Å²) in [5, 5.41) is 3.94. The summed E-state index contributed by atoms with van der Waals surface area (Å²) in [6, 6.07) is 9.50. The molecule has 82 valence electrons. The normalized spacial score (nSPS) is 10.1. The molecule has 0 unspecified atom stereocenters. The molecule has 0 fully saturated rings. The van der Waals surface area contributed by atoms with Crippen molar-refractivity contribution in [3.63, 3.8) is 0 Å². The largest absolute Gasteiger partial charge is 0.397 e. The topological polar surface area (TPSA) is 50.9 Å². The number of hydrogen-bond donors (Lipinski definition) is 2. The molecule has 0 amide bonds. The Bertz CT molecular complexity index is 485. The van der Waals surface area contributed by atoms with Crippen LogP contribution in [0.15, 0.2) is 42.7 Å². The third kappa shape index (κ3) is 2.64. The maximum atomic E-state index is 6.02. The van der Waals surface area contributed by atoms with Gasteiger partial charge in [-0.1, -0.05) is 23.7 Å². The molecule has 1 aromatic heterocycles. The number of nitrogens with zero attached hydrogens (tertiary/aromatic N) is 1. The van der Waals surface area contributed by atoms with Gasteiger partial charge in [0, 0.05) is 18.9 Å². The molecule has 2 aromatic rings. The summed E-state index contributed by atoms with van der Waals surface area (Å²) in [7, 11) is 0. The molecule has 0 radical (unpaired) electrons. The van der Waals surface area contributed by atoms with Gasteiger partial charge >= 0.3 is 0 Å². The molecule has 0 saturated heterocycles. The number of para-hydroxylation sites is 1. The van der Waals surface area contributed by atoms with Gasteiger partial charge in [-0.3, -0.25) is 4.98 Å². The first kappa shape index (κ1) is 10.8. The van der Waals surface area contributed by atoms with Crippen LogP contribution >= 0.6 is 11.6 Å². The number of benzene rings is 1. The van der Waals surface area contributed by atoms with Crippen molar-refractivity contribution in [1.29, 1.82) is 0 Å². The molecular weight excluding hydrogens is 222 g/mol. The number of nitrogens with two attached hydrogens (primary N) is 1. The second kappa shape index (κ2) is 4.86. The molecule has 4 heteroatoms. The van der Waals surface area contributed by atoms with Crippen LogP contribution in [0.1, 0.15) is 5.56 Å². The van der Waals surface area contributed by atoms with Crippen LogP contribution in [0.2, 0.25) is 5.02 Å². The Labute approximate surface area is 99.3 Å². The Morgan fingerprint density at radius 3 is 2.81 bits per heavy atom. The number of nitrogen functional groups attached to an aromatic ring is 1. The summed E-state index contributed by atoms with van der Waals surface area (Å²) in [4.78, 5) is 4.02. The van der Waals surface area contributed by atoms with E-state index >= 15 is 0 Å². The highest BCUT2D eigenvalue weighted by atomic mass is 35.5. The first-order chi connectivity index (χ1) is 7.75. The molecule has 0 aliphatic rings. The Morgan fingerprint density at radius 1 is 1.25 bits per heavy atom. The van der Waals surface area contributed by atoms with Gasteiger partial charge in [-0.25, -0.2) is 0 Å². The molecular formula is C12H12ClN3. The van der Waals surface area contributed by atoms with E-state index in [1.807, 2.05) is 30.3 Å². The Balaban J connectivity index is 2.05. The van der Waals surface area contributed by atoms with E-state index in [1.54, 1.807) is 12.4 Å². The van der Waals surface area contributed by atoms with Crippen LogP contribution in [-0.4, -0.2) is 4.98 Å². The smallest absolute Gasteiger partial charge is 0.0637 e. The van der Waals surface area contributed by atoms with E-state index in [9.17, 15) is 0 Å². The van der Waals surface area contributed by atoms with E-state index < -0.39 is 0 Å². The van der Waals surface area contributed by atoms with Crippen molar-refractivity contribution >= 4 is 23.0 Å². The van der Waals surface area contributed by atoms with Gasteiger partial charge in [0.25, 0.3) is 0 Å². The van der Waals surface area contributed by atoms with Crippen LogP contribution in [0.3, 0.4) is 0 Å². The van der Waals surface area contributed by atoms with Gasteiger partial charge in [-0.05, 0) is 23.8 Å². The summed E-state index contributed by atoms with van der Waals surface area (Å²) < 4.78 is 0. The van der Waals surface area contributed by atoms with Gasteiger partial charge in [0.05, 0.1) is 16.4 Å². The molecule has 0 atom stereocenters. The second-order valence-electron chi connectivity index (χ2n) is 3.46. The van der Waals surface area contributed by atoms with Crippen LogP contribution in [0.4, 0.5) is 11.4 Å². The van der Waals surface area contributed by atoms with E-state index in [0.717, 1.165) is 11.3 Å². The van der Waals surface area contributed by atoms with E-state index in [4.69, 9.17) is 17.3 Å². The molecule has 1 aromatic carbocycles. The van der Waals surface area contributed by atoms with Gasteiger partial charge in [-0.2, -0.15) is 0 Å². The zero-order chi connectivity index (χ0) is 11.4. The first-order valence-corrected chi connectivity index (χ1v) is 5.31. The summed E-state index contributed by atoms with van der Waals surface area (Å²) in [6.07, 6.45) is 3.40. The maximum Gasteiger partial charge on any atom is 0.0637 e. The van der Waals surface area contributed by atoms with Crippen LogP contribution in [-0.2, 0) is 6.54 Å². The maximum absolute atomic E-state index is 6.02.